The summed E-state index contributed by atoms with van der Waals surface area (Å²) in [6, 6.07) is 11.8. The summed E-state index contributed by atoms with van der Waals surface area (Å²) in [5.41, 5.74) is 5.11. The molecule has 0 aliphatic rings. The molecule has 0 radical (unpaired) electrons. The van der Waals surface area contributed by atoms with Crippen molar-refractivity contribution < 1.29 is 14.1 Å². The number of carbonyl (C=O) groups excluding carboxylic acids is 1. The summed E-state index contributed by atoms with van der Waals surface area (Å²) in [6.45, 7) is 6.92. The molecule has 0 spiro atoms. The van der Waals surface area contributed by atoms with Crippen molar-refractivity contribution in [1.82, 2.24) is 29.6 Å². The predicted molar refractivity (Wildman–Crippen MR) is 169 cm³/mol. The Morgan fingerprint density at radius 1 is 1.12 bits per heavy atom. The van der Waals surface area contributed by atoms with Gasteiger partial charge in [-0.1, -0.05) is 29.9 Å². The highest BCUT2D eigenvalue weighted by atomic mass is 16.5. The first kappa shape index (κ1) is 29.3. The molecular weight excluding hydrogens is 546 g/mol. The first-order valence-electron chi connectivity index (χ1n) is 13.7. The third-order valence-electron chi connectivity index (χ3n) is 7.00. The Bertz CT molecular complexity index is 1790. The molecule has 3 heterocycles. The van der Waals surface area contributed by atoms with E-state index < -0.39 is 0 Å². The molecule has 3 aromatic heterocycles. The molecule has 0 bridgehead atoms. The lowest BCUT2D eigenvalue weighted by atomic mass is 10.1. The van der Waals surface area contributed by atoms with Crippen molar-refractivity contribution in [3.63, 3.8) is 0 Å². The van der Waals surface area contributed by atoms with Gasteiger partial charge >= 0.3 is 0 Å². The Morgan fingerprint density at radius 2 is 1.91 bits per heavy atom. The van der Waals surface area contributed by atoms with Crippen LogP contribution in [-0.4, -0.2) is 76.8 Å². The van der Waals surface area contributed by atoms with E-state index in [0.717, 1.165) is 35.2 Å². The monoisotopic (exact) mass is 581 g/mol. The van der Waals surface area contributed by atoms with E-state index in [9.17, 15) is 4.79 Å². The number of hydrogen-bond acceptors (Lipinski definition) is 10. The lowest BCUT2D eigenvalue weighted by molar-refractivity contribution is -0.111. The molecule has 0 fully saturated rings. The summed E-state index contributed by atoms with van der Waals surface area (Å²) < 4.78 is 13.3. The number of likely N-dealkylation sites (N-methyl/N-ethyl adjacent to an activating group) is 2. The molecule has 0 atom stereocenters. The normalized spacial score (nSPS) is 11.1. The van der Waals surface area contributed by atoms with Crippen LogP contribution in [0.3, 0.4) is 0 Å². The van der Waals surface area contributed by atoms with Crippen LogP contribution in [-0.2, 0) is 11.8 Å². The van der Waals surface area contributed by atoms with Gasteiger partial charge in [-0.2, -0.15) is 4.98 Å². The fourth-order valence-electron chi connectivity index (χ4n) is 4.77. The molecule has 2 N–H and O–H groups in total. The van der Waals surface area contributed by atoms with Crippen LogP contribution in [0.15, 0.2) is 66.0 Å². The fourth-order valence-corrected chi connectivity index (χ4v) is 4.77. The van der Waals surface area contributed by atoms with E-state index in [2.05, 4.69) is 48.2 Å². The summed E-state index contributed by atoms with van der Waals surface area (Å²) in [4.78, 5) is 30.5. The summed E-state index contributed by atoms with van der Waals surface area (Å²) in [5, 5.41) is 11.2. The summed E-state index contributed by atoms with van der Waals surface area (Å²) in [6.07, 6.45) is 4.92. The number of fused-ring (bicyclic) bond motifs is 1. The second-order valence-electron chi connectivity index (χ2n) is 10.4. The second-order valence-corrected chi connectivity index (χ2v) is 10.4. The molecule has 0 unspecified atom stereocenters. The minimum atomic E-state index is -0.327. The number of para-hydroxylation sites is 1. The van der Waals surface area contributed by atoms with Gasteiger partial charge in [0.05, 0.1) is 35.4 Å². The van der Waals surface area contributed by atoms with Crippen LogP contribution < -0.4 is 20.3 Å². The third kappa shape index (κ3) is 6.19. The van der Waals surface area contributed by atoms with Gasteiger partial charge in [0.15, 0.2) is 5.82 Å². The van der Waals surface area contributed by atoms with E-state index in [4.69, 9.17) is 14.2 Å². The molecule has 222 valence electrons. The molecular formula is C31H35N9O3. The number of anilines is 4. The zero-order chi connectivity index (χ0) is 30.7. The average Bonchev–Trinajstić information content (AvgIpc) is 3.58. The lowest BCUT2D eigenvalue weighted by Crippen LogP contribution is -2.29. The quantitative estimate of drug-likeness (QED) is 0.209. The first-order valence-corrected chi connectivity index (χ1v) is 13.7. The van der Waals surface area contributed by atoms with Crippen molar-refractivity contribution in [3.8, 4) is 28.5 Å². The predicted octanol–water partition coefficient (Wildman–Crippen LogP) is 4.87. The van der Waals surface area contributed by atoms with Crippen LogP contribution in [0.5, 0.6) is 5.75 Å². The molecule has 12 heteroatoms. The molecule has 5 rings (SSSR count). The van der Waals surface area contributed by atoms with Crippen molar-refractivity contribution in [2.75, 3.05) is 56.9 Å². The van der Waals surface area contributed by atoms with Crippen molar-refractivity contribution in [2.45, 2.75) is 6.92 Å². The van der Waals surface area contributed by atoms with E-state index >= 15 is 0 Å². The SMILES string of the molecule is C=CC(=O)Nc1cc(Nc2ncc(-c3nc(C)no3)c(-c3cn(C)c4ccccc34)n2)c(OC)cc1N(C)CCN(C)C. The highest BCUT2D eigenvalue weighted by molar-refractivity contribution is 6.02. The van der Waals surface area contributed by atoms with Gasteiger partial charge in [0.25, 0.3) is 5.89 Å². The highest BCUT2D eigenvalue weighted by Gasteiger charge is 2.21. The van der Waals surface area contributed by atoms with Gasteiger partial charge in [-0.05, 0) is 39.2 Å². The van der Waals surface area contributed by atoms with Crippen LogP contribution >= 0.6 is 0 Å². The van der Waals surface area contributed by atoms with Gasteiger partial charge in [-0.15, -0.1) is 0 Å². The molecule has 12 nitrogen and oxygen atoms in total. The van der Waals surface area contributed by atoms with Crippen molar-refractivity contribution in [2.24, 2.45) is 7.05 Å². The number of ether oxygens (including phenoxy) is 1. The van der Waals surface area contributed by atoms with Crippen molar-refractivity contribution in [1.29, 1.82) is 0 Å². The largest absolute Gasteiger partial charge is 0.494 e. The molecule has 5 aromatic rings. The van der Waals surface area contributed by atoms with Crippen LogP contribution in [0.25, 0.3) is 33.6 Å². The Kier molecular flexibility index (Phi) is 8.39. The van der Waals surface area contributed by atoms with Gasteiger partial charge in [0.1, 0.15) is 5.75 Å². The lowest BCUT2D eigenvalue weighted by Gasteiger charge is -2.26. The zero-order valence-corrected chi connectivity index (χ0v) is 25.2. The number of methoxy groups -OCH3 is 1. The number of nitrogens with zero attached hydrogens (tertiary/aromatic N) is 7. The van der Waals surface area contributed by atoms with Gasteiger partial charge in [0, 0.05) is 62.1 Å². The second kappa shape index (κ2) is 12.3. The minimum absolute atomic E-state index is 0.316. The number of hydrogen-bond donors (Lipinski definition) is 2. The molecule has 0 saturated heterocycles. The number of aryl methyl sites for hydroxylation is 2. The van der Waals surface area contributed by atoms with E-state index in [1.807, 2.05) is 63.2 Å². The Labute approximate surface area is 250 Å². The Morgan fingerprint density at radius 3 is 2.60 bits per heavy atom. The topological polar surface area (TPSA) is 126 Å². The van der Waals surface area contributed by atoms with Gasteiger partial charge in [-0.3, -0.25) is 4.79 Å². The van der Waals surface area contributed by atoms with Crippen molar-refractivity contribution >= 4 is 39.8 Å². The number of rotatable bonds is 11. The smallest absolute Gasteiger partial charge is 0.261 e. The summed E-state index contributed by atoms with van der Waals surface area (Å²) in [5.74, 6) is 1.37. The maximum Gasteiger partial charge on any atom is 0.261 e. The maximum absolute atomic E-state index is 12.4. The van der Waals surface area contributed by atoms with Crippen molar-refractivity contribution in [3.05, 3.63) is 67.3 Å². The average molecular weight is 582 g/mol. The summed E-state index contributed by atoms with van der Waals surface area (Å²) >= 11 is 0. The number of carbonyl (C=O) groups is 1. The number of amides is 1. The molecule has 43 heavy (non-hydrogen) atoms. The highest BCUT2D eigenvalue weighted by Crippen LogP contribution is 2.39. The molecule has 0 aliphatic carbocycles. The minimum Gasteiger partial charge on any atom is -0.494 e. The van der Waals surface area contributed by atoms with E-state index in [0.29, 0.717) is 46.0 Å². The Hall–Kier alpha value is -5.23. The van der Waals surface area contributed by atoms with Gasteiger partial charge in [-0.25, -0.2) is 9.97 Å². The van der Waals surface area contributed by atoms with Crippen LogP contribution in [0.4, 0.5) is 23.0 Å². The fraction of sp³-hybridized carbons (Fsp3) is 0.258. The van der Waals surface area contributed by atoms with E-state index in [1.54, 1.807) is 26.3 Å². The van der Waals surface area contributed by atoms with Crippen LogP contribution in [0.2, 0.25) is 0 Å². The van der Waals surface area contributed by atoms with Crippen LogP contribution in [0, 0.1) is 6.92 Å². The molecule has 1 amide bonds. The number of benzene rings is 2. The molecule has 0 saturated carbocycles. The Balaban J connectivity index is 1.61. The van der Waals surface area contributed by atoms with Crippen LogP contribution in [0.1, 0.15) is 5.82 Å². The zero-order valence-electron chi connectivity index (χ0n) is 25.2. The first-order chi connectivity index (χ1) is 20.7. The van der Waals surface area contributed by atoms with Gasteiger partial charge in [0.2, 0.25) is 11.9 Å². The maximum atomic E-state index is 12.4. The standard InChI is InChI=1S/C31H35N9O3/c1-8-28(41)34-23-15-24(27(42-7)16-26(23)39(5)14-13-38(3)4)35-31-32-17-21(30-33-19(2)37-43-30)29(36-31)22-18-40(6)25-12-10-9-11-20(22)25/h8-12,15-18H,1,13-14H2,2-7H3,(H,34,41)(H,32,35,36). The van der Waals surface area contributed by atoms with E-state index in [-0.39, 0.29) is 5.91 Å². The number of aromatic nitrogens is 5. The van der Waals surface area contributed by atoms with Gasteiger partial charge < -0.3 is 34.3 Å². The third-order valence-corrected chi connectivity index (χ3v) is 7.00. The number of nitrogens with one attached hydrogen (secondary N) is 2. The summed E-state index contributed by atoms with van der Waals surface area (Å²) in [7, 11) is 9.57. The molecule has 0 aliphatic heterocycles. The van der Waals surface area contributed by atoms with E-state index in [1.165, 1.54) is 6.08 Å². The molecule has 2 aromatic carbocycles.